The molecule has 0 saturated carbocycles. The second-order valence-electron chi connectivity index (χ2n) is 7.36. The monoisotopic (exact) mass is 511 g/mol. The molecule has 0 spiro atoms. The van der Waals surface area contributed by atoms with Crippen molar-refractivity contribution in [3.8, 4) is 11.5 Å². The number of amides is 1. The number of nitrogens with one attached hydrogen (secondary N) is 2. The maximum atomic E-state index is 12.8. The first-order valence-electron chi connectivity index (χ1n) is 9.85. The quantitative estimate of drug-likeness (QED) is 0.246. The van der Waals surface area contributed by atoms with Gasteiger partial charge in [-0.05, 0) is 67.2 Å². The first-order valence-corrected chi connectivity index (χ1v) is 11.8. The van der Waals surface area contributed by atoms with Crippen molar-refractivity contribution in [2.24, 2.45) is 0 Å². The molecule has 0 fully saturated rings. The third kappa shape index (κ3) is 4.45. The Kier molecular flexibility index (Phi) is 5.80. The van der Waals surface area contributed by atoms with Gasteiger partial charge in [-0.3, -0.25) is 10.1 Å². The van der Waals surface area contributed by atoms with E-state index < -0.39 is 0 Å². The van der Waals surface area contributed by atoms with Gasteiger partial charge in [0.05, 0.1) is 5.02 Å². The molecule has 0 bridgehead atoms. The number of fused-ring (bicyclic) bond motifs is 2. The average Bonchev–Trinajstić information content (AvgIpc) is 3.34. The zero-order valence-electron chi connectivity index (χ0n) is 17.1. The Bertz CT molecular complexity index is 1560. The highest BCUT2D eigenvalue weighted by molar-refractivity contribution is 7.80. The number of nitrogens with zero attached hydrogens (tertiary/aromatic N) is 1. The highest BCUT2D eigenvalue weighted by atomic mass is 35.5. The van der Waals surface area contributed by atoms with E-state index in [-0.39, 0.29) is 11.0 Å². The van der Waals surface area contributed by atoms with E-state index in [9.17, 15) is 4.79 Å². The minimum Gasteiger partial charge on any atom is -0.436 e. The fraction of sp³-hybridized carbons (Fsp3) is 0.0417. The van der Waals surface area contributed by atoms with E-state index in [0.29, 0.717) is 26.5 Å². The highest BCUT2D eigenvalue weighted by Crippen LogP contribution is 2.36. The minimum absolute atomic E-state index is 0.150. The van der Waals surface area contributed by atoms with Gasteiger partial charge in [-0.1, -0.05) is 41.4 Å². The van der Waals surface area contributed by atoms with Crippen molar-refractivity contribution < 1.29 is 9.21 Å². The first-order chi connectivity index (χ1) is 15.9. The molecule has 164 valence electrons. The molecule has 0 radical (unpaired) electrons. The molecule has 0 aliphatic rings. The average molecular weight is 512 g/mol. The number of aryl methyl sites for hydroxylation is 1. The van der Waals surface area contributed by atoms with Gasteiger partial charge >= 0.3 is 0 Å². The Morgan fingerprint density at radius 3 is 2.79 bits per heavy atom. The lowest BCUT2D eigenvalue weighted by Gasteiger charge is -2.09. The third-order valence-electron chi connectivity index (χ3n) is 4.94. The Balaban J connectivity index is 1.33. The number of hydrogen-bond acceptors (Lipinski definition) is 5. The van der Waals surface area contributed by atoms with E-state index in [0.717, 1.165) is 32.3 Å². The van der Waals surface area contributed by atoms with Crippen LogP contribution in [0.4, 0.5) is 5.69 Å². The van der Waals surface area contributed by atoms with E-state index in [1.165, 1.54) is 11.3 Å². The van der Waals surface area contributed by atoms with Crippen molar-refractivity contribution in [2.45, 2.75) is 6.92 Å². The van der Waals surface area contributed by atoms with Crippen LogP contribution in [-0.2, 0) is 0 Å². The van der Waals surface area contributed by atoms with Crippen LogP contribution in [0.25, 0.3) is 32.6 Å². The van der Waals surface area contributed by atoms with Crippen molar-refractivity contribution in [2.75, 3.05) is 5.32 Å². The Hall–Kier alpha value is -2.97. The van der Waals surface area contributed by atoms with Crippen LogP contribution in [0, 0.1) is 6.92 Å². The molecular weight excluding hydrogens is 497 g/mol. The Labute approximate surface area is 208 Å². The summed E-state index contributed by atoms with van der Waals surface area (Å²) in [5, 5.41) is 7.59. The Morgan fingerprint density at radius 1 is 1.09 bits per heavy atom. The highest BCUT2D eigenvalue weighted by Gasteiger charge is 2.18. The van der Waals surface area contributed by atoms with Crippen molar-refractivity contribution in [3.63, 3.8) is 0 Å². The molecule has 2 heterocycles. The number of carbonyl (C=O) groups is 1. The maximum absolute atomic E-state index is 12.8. The molecule has 3 aromatic carbocycles. The summed E-state index contributed by atoms with van der Waals surface area (Å²) < 4.78 is 6.73. The van der Waals surface area contributed by atoms with Crippen molar-refractivity contribution >= 4 is 84.6 Å². The van der Waals surface area contributed by atoms with Gasteiger partial charge in [-0.15, -0.1) is 11.3 Å². The SMILES string of the molecule is Cc1ccc2nc(-c3cccc(NC(=S)NC(=O)c4sc5cc(Cl)ccc5c4Cl)c3)oc2c1. The fourth-order valence-electron chi connectivity index (χ4n) is 3.39. The molecule has 9 heteroatoms. The van der Waals surface area contributed by atoms with E-state index in [1.807, 2.05) is 49.4 Å². The van der Waals surface area contributed by atoms with Gasteiger partial charge in [0.1, 0.15) is 10.4 Å². The summed E-state index contributed by atoms with van der Waals surface area (Å²) in [5.74, 6) is 0.116. The summed E-state index contributed by atoms with van der Waals surface area (Å²) in [5.41, 5.74) is 4.09. The standard InChI is InChI=1S/C24H15Cl2N3O2S2/c1-12-5-8-17-18(9-12)31-23(28-17)13-3-2-4-15(10-13)27-24(32)29-22(30)21-20(26)16-7-6-14(25)11-19(16)33-21/h2-11H,1H3,(H2,27,29,30,32). The summed E-state index contributed by atoms with van der Waals surface area (Å²) in [7, 11) is 0. The van der Waals surface area contributed by atoms with Crippen LogP contribution in [0.2, 0.25) is 10.0 Å². The number of carbonyl (C=O) groups excluding carboxylic acids is 1. The van der Waals surface area contributed by atoms with Crippen LogP contribution in [0.15, 0.2) is 65.1 Å². The van der Waals surface area contributed by atoms with Crippen LogP contribution in [0.5, 0.6) is 0 Å². The van der Waals surface area contributed by atoms with E-state index in [4.69, 9.17) is 39.8 Å². The van der Waals surface area contributed by atoms with Crippen LogP contribution in [-0.4, -0.2) is 16.0 Å². The lowest BCUT2D eigenvalue weighted by atomic mass is 10.2. The normalized spacial score (nSPS) is 11.1. The molecule has 5 rings (SSSR count). The molecule has 5 aromatic rings. The smallest absolute Gasteiger partial charge is 0.269 e. The van der Waals surface area contributed by atoms with Gasteiger partial charge in [-0.2, -0.15) is 0 Å². The predicted octanol–water partition coefficient (Wildman–Crippen LogP) is 7.45. The summed E-state index contributed by atoms with van der Waals surface area (Å²) in [6.07, 6.45) is 0. The summed E-state index contributed by atoms with van der Waals surface area (Å²) in [4.78, 5) is 17.7. The molecule has 0 saturated heterocycles. The van der Waals surface area contributed by atoms with E-state index in [1.54, 1.807) is 18.2 Å². The van der Waals surface area contributed by atoms with Crippen molar-refractivity contribution in [1.29, 1.82) is 0 Å². The van der Waals surface area contributed by atoms with Gasteiger partial charge in [0.25, 0.3) is 5.91 Å². The van der Waals surface area contributed by atoms with Gasteiger partial charge < -0.3 is 9.73 Å². The molecule has 0 atom stereocenters. The first kappa shape index (κ1) is 21.9. The predicted molar refractivity (Wildman–Crippen MR) is 140 cm³/mol. The largest absolute Gasteiger partial charge is 0.436 e. The van der Waals surface area contributed by atoms with Crippen LogP contribution in [0.3, 0.4) is 0 Å². The van der Waals surface area contributed by atoms with Crippen molar-refractivity contribution in [3.05, 3.63) is 81.1 Å². The number of hydrogen-bond donors (Lipinski definition) is 2. The number of anilines is 1. The number of benzene rings is 3. The number of rotatable bonds is 3. The molecule has 2 N–H and O–H groups in total. The third-order valence-corrected chi connectivity index (χ3v) is 7.03. The molecule has 1 amide bonds. The number of aromatic nitrogens is 1. The molecule has 0 unspecified atom stereocenters. The number of oxazole rings is 1. The lowest BCUT2D eigenvalue weighted by Crippen LogP contribution is -2.33. The molecule has 33 heavy (non-hydrogen) atoms. The van der Waals surface area contributed by atoms with Crippen LogP contribution < -0.4 is 10.6 Å². The summed E-state index contributed by atoms with van der Waals surface area (Å²) in [6, 6.07) is 18.6. The number of thiocarbonyl (C=S) groups is 1. The summed E-state index contributed by atoms with van der Waals surface area (Å²) >= 11 is 19.1. The number of thiophene rings is 1. The minimum atomic E-state index is -0.389. The second-order valence-corrected chi connectivity index (χ2v) is 9.64. The Morgan fingerprint density at radius 2 is 1.94 bits per heavy atom. The summed E-state index contributed by atoms with van der Waals surface area (Å²) in [6.45, 7) is 2.00. The fourth-order valence-corrected chi connectivity index (χ4v) is 5.29. The van der Waals surface area contributed by atoms with Gasteiger partial charge in [0.2, 0.25) is 5.89 Å². The second kappa shape index (κ2) is 8.76. The van der Waals surface area contributed by atoms with Gasteiger partial charge in [0.15, 0.2) is 10.7 Å². The topological polar surface area (TPSA) is 67.2 Å². The molecule has 0 aliphatic carbocycles. The zero-order chi connectivity index (χ0) is 23.1. The lowest BCUT2D eigenvalue weighted by molar-refractivity contribution is 0.0982. The van der Waals surface area contributed by atoms with E-state index in [2.05, 4.69) is 15.6 Å². The van der Waals surface area contributed by atoms with Crippen LogP contribution >= 0.6 is 46.8 Å². The number of halogens is 2. The van der Waals surface area contributed by atoms with Crippen LogP contribution in [0.1, 0.15) is 15.2 Å². The molecule has 0 aliphatic heterocycles. The maximum Gasteiger partial charge on any atom is 0.269 e. The van der Waals surface area contributed by atoms with E-state index >= 15 is 0 Å². The molecular formula is C24H15Cl2N3O2S2. The van der Waals surface area contributed by atoms with Gasteiger partial charge in [0, 0.05) is 26.4 Å². The molecule has 2 aromatic heterocycles. The zero-order valence-corrected chi connectivity index (χ0v) is 20.3. The van der Waals surface area contributed by atoms with Gasteiger partial charge in [-0.25, -0.2) is 4.98 Å². The molecule has 5 nitrogen and oxygen atoms in total. The van der Waals surface area contributed by atoms with Crippen molar-refractivity contribution in [1.82, 2.24) is 10.3 Å².